The number of aliphatic hydroxyl groups is 1. The molecule has 0 amide bonds. The molecule has 16 heavy (non-hydrogen) atoms. The van der Waals surface area contributed by atoms with Crippen LogP contribution in [0, 0.1) is 12.7 Å². The van der Waals surface area contributed by atoms with Crippen LogP contribution in [-0.2, 0) is 0 Å². The van der Waals surface area contributed by atoms with E-state index in [4.69, 9.17) is 0 Å². The van der Waals surface area contributed by atoms with E-state index in [9.17, 15) is 9.50 Å². The highest BCUT2D eigenvalue weighted by Gasteiger charge is 2.13. The molecule has 2 nitrogen and oxygen atoms in total. The number of hydrogen-bond acceptors (Lipinski definition) is 2. The maximum atomic E-state index is 12.9. The van der Waals surface area contributed by atoms with Gasteiger partial charge in [0.15, 0.2) is 0 Å². The first-order valence-corrected chi connectivity index (χ1v) is 5.03. The summed E-state index contributed by atoms with van der Waals surface area (Å²) in [7, 11) is 0. The fraction of sp³-hybridized carbons (Fsp3) is 0.154. The Morgan fingerprint density at radius 1 is 1.25 bits per heavy atom. The van der Waals surface area contributed by atoms with E-state index in [1.54, 1.807) is 31.3 Å². The van der Waals surface area contributed by atoms with Crippen LogP contribution in [0.1, 0.15) is 22.9 Å². The van der Waals surface area contributed by atoms with Crippen LogP contribution in [0.15, 0.2) is 42.6 Å². The van der Waals surface area contributed by atoms with Gasteiger partial charge in [0.2, 0.25) is 0 Å². The van der Waals surface area contributed by atoms with Crippen molar-refractivity contribution in [3.63, 3.8) is 0 Å². The quantitative estimate of drug-likeness (QED) is 0.838. The summed E-state index contributed by atoms with van der Waals surface area (Å²) in [5.41, 5.74) is 1.97. The molecule has 0 radical (unpaired) electrons. The van der Waals surface area contributed by atoms with Crippen molar-refractivity contribution in [1.29, 1.82) is 0 Å². The lowest BCUT2D eigenvalue weighted by atomic mass is 10.0. The van der Waals surface area contributed by atoms with Crippen LogP contribution in [0.5, 0.6) is 0 Å². The van der Waals surface area contributed by atoms with Gasteiger partial charge in [-0.05, 0) is 42.3 Å². The van der Waals surface area contributed by atoms with Gasteiger partial charge < -0.3 is 5.11 Å². The van der Waals surface area contributed by atoms with Crippen LogP contribution >= 0.6 is 0 Å². The van der Waals surface area contributed by atoms with E-state index >= 15 is 0 Å². The molecule has 1 atom stereocenters. The van der Waals surface area contributed by atoms with Gasteiger partial charge >= 0.3 is 0 Å². The summed E-state index contributed by atoms with van der Waals surface area (Å²) in [4.78, 5) is 4.07. The van der Waals surface area contributed by atoms with Crippen LogP contribution in [0.3, 0.4) is 0 Å². The Morgan fingerprint density at radius 2 is 2.06 bits per heavy atom. The third-order valence-electron chi connectivity index (χ3n) is 2.49. The molecule has 0 aliphatic carbocycles. The van der Waals surface area contributed by atoms with E-state index in [0.29, 0.717) is 11.3 Å². The third kappa shape index (κ3) is 2.09. The Labute approximate surface area is 93.4 Å². The summed E-state index contributed by atoms with van der Waals surface area (Å²) in [5, 5.41) is 10.1. The summed E-state index contributed by atoms with van der Waals surface area (Å²) >= 11 is 0. The first kappa shape index (κ1) is 10.8. The van der Waals surface area contributed by atoms with E-state index in [0.717, 1.165) is 5.56 Å². The third-order valence-corrected chi connectivity index (χ3v) is 2.49. The van der Waals surface area contributed by atoms with Crippen molar-refractivity contribution in [1.82, 2.24) is 4.98 Å². The van der Waals surface area contributed by atoms with E-state index < -0.39 is 6.10 Å². The maximum Gasteiger partial charge on any atom is 0.123 e. The first-order valence-electron chi connectivity index (χ1n) is 5.03. The molecule has 1 unspecified atom stereocenters. The molecule has 2 rings (SSSR count). The van der Waals surface area contributed by atoms with Gasteiger partial charge in [0.25, 0.3) is 0 Å². The maximum absolute atomic E-state index is 12.9. The van der Waals surface area contributed by atoms with Crippen molar-refractivity contribution in [2.24, 2.45) is 0 Å². The number of nitrogens with zero attached hydrogens (tertiary/aromatic N) is 1. The molecule has 0 fully saturated rings. The number of pyridine rings is 1. The molecule has 0 saturated heterocycles. The average Bonchev–Trinajstić information content (AvgIpc) is 2.29. The van der Waals surface area contributed by atoms with Gasteiger partial charge in [-0.2, -0.15) is 0 Å². The number of hydrogen-bond donors (Lipinski definition) is 1. The summed E-state index contributed by atoms with van der Waals surface area (Å²) in [6.07, 6.45) is 0.819. The number of benzene rings is 1. The minimum Gasteiger partial charge on any atom is -0.382 e. The lowest BCUT2D eigenvalue weighted by molar-refractivity contribution is 0.214. The Morgan fingerprint density at radius 3 is 2.69 bits per heavy atom. The first-order chi connectivity index (χ1) is 7.68. The lowest BCUT2D eigenvalue weighted by Gasteiger charge is -2.12. The van der Waals surface area contributed by atoms with Crippen LogP contribution in [0.25, 0.3) is 0 Å². The monoisotopic (exact) mass is 217 g/mol. The van der Waals surface area contributed by atoms with Crippen LogP contribution in [0.4, 0.5) is 4.39 Å². The molecule has 1 aromatic carbocycles. The normalized spacial score (nSPS) is 12.4. The fourth-order valence-corrected chi connectivity index (χ4v) is 1.64. The number of aromatic nitrogens is 1. The summed E-state index contributed by atoms with van der Waals surface area (Å²) in [6, 6.07) is 9.67. The second kappa shape index (κ2) is 4.41. The zero-order valence-corrected chi connectivity index (χ0v) is 8.89. The van der Waals surface area contributed by atoms with Crippen LogP contribution in [-0.4, -0.2) is 10.1 Å². The molecule has 0 saturated carbocycles. The van der Waals surface area contributed by atoms with Crippen LogP contribution in [0.2, 0.25) is 0 Å². The smallest absolute Gasteiger partial charge is 0.123 e. The van der Waals surface area contributed by atoms with Gasteiger partial charge in [-0.1, -0.05) is 12.1 Å². The van der Waals surface area contributed by atoms with Gasteiger partial charge in [0.1, 0.15) is 11.9 Å². The van der Waals surface area contributed by atoms with Crippen molar-refractivity contribution in [3.05, 3.63) is 65.2 Å². The van der Waals surface area contributed by atoms with Gasteiger partial charge in [0, 0.05) is 6.20 Å². The van der Waals surface area contributed by atoms with Crippen molar-refractivity contribution in [2.45, 2.75) is 13.0 Å². The molecule has 1 heterocycles. The highest BCUT2D eigenvalue weighted by molar-refractivity contribution is 5.33. The van der Waals surface area contributed by atoms with Crippen LogP contribution < -0.4 is 0 Å². The molecule has 1 N–H and O–H groups in total. The van der Waals surface area contributed by atoms with Crippen molar-refractivity contribution in [3.8, 4) is 0 Å². The van der Waals surface area contributed by atoms with E-state index in [2.05, 4.69) is 4.98 Å². The molecule has 1 aromatic heterocycles. The highest BCUT2D eigenvalue weighted by Crippen LogP contribution is 2.23. The van der Waals surface area contributed by atoms with E-state index in [1.807, 2.05) is 6.07 Å². The Balaban J connectivity index is 2.38. The molecule has 0 aliphatic rings. The van der Waals surface area contributed by atoms with Gasteiger partial charge in [-0.25, -0.2) is 4.39 Å². The molecule has 0 spiro atoms. The minimum atomic E-state index is -0.804. The Hall–Kier alpha value is -1.74. The second-order valence-corrected chi connectivity index (χ2v) is 3.66. The largest absolute Gasteiger partial charge is 0.382 e. The predicted octanol–water partition coefficient (Wildman–Crippen LogP) is 2.61. The summed E-state index contributed by atoms with van der Waals surface area (Å²) in [5.74, 6) is -0.297. The number of rotatable bonds is 2. The molecular weight excluding hydrogens is 205 g/mol. The molecule has 0 bridgehead atoms. The van der Waals surface area contributed by atoms with E-state index in [1.165, 1.54) is 12.1 Å². The van der Waals surface area contributed by atoms with Gasteiger partial charge in [-0.15, -0.1) is 0 Å². The Bertz CT molecular complexity index is 485. The zero-order valence-electron chi connectivity index (χ0n) is 8.89. The number of aryl methyl sites for hydroxylation is 1. The van der Waals surface area contributed by atoms with Crippen molar-refractivity contribution >= 4 is 0 Å². The topological polar surface area (TPSA) is 33.1 Å². The molecule has 2 aromatic rings. The average molecular weight is 217 g/mol. The Kier molecular flexibility index (Phi) is 2.97. The summed E-state index contributed by atoms with van der Waals surface area (Å²) < 4.78 is 12.9. The minimum absolute atomic E-state index is 0.297. The lowest BCUT2D eigenvalue weighted by Crippen LogP contribution is -2.04. The van der Waals surface area contributed by atoms with Gasteiger partial charge in [-0.3, -0.25) is 4.98 Å². The molecule has 3 heteroatoms. The van der Waals surface area contributed by atoms with E-state index in [-0.39, 0.29) is 5.82 Å². The van der Waals surface area contributed by atoms with Crippen molar-refractivity contribution < 1.29 is 9.50 Å². The number of aliphatic hydroxyl groups excluding tert-OH is 1. The molecular formula is C13H12FNO. The van der Waals surface area contributed by atoms with Gasteiger partial charge in [0.05, 0.1) is 5.69 Å². The SMILES string of the molecule is Cc1cc(F)ccc1C(O)c1ccccn1. The highest BCUT2D eigenvalue weighted by atomic mass is 19.1. The fourth-order valence-electron chi connectivity index (χ4n) is 1.64. The standard InChI is InChI=1S/C13H12FNO/c1-9-8-10(14)5-6-11(9)13(16)12-4-2-3-7-15-12/h2-8,13,16H,1H3. The summed E-state index contributed by atoms with van der Waals surface area (Å²) in [6.45, 7) is 1.77. The zero-order chi connectivity index (χ0) is 11.5. The predicted molar refractivity (Wildman–Crippen MR) is 59.4 cm³/mol. The van der Waals surface area contributed by atoms with Crippen molar-refractivity contribution in [2.75, 3.05) is 0 Å². The number of halogens is 1. The molecule has 0 aliphatic heterocycles. The molecule has 82 valence electrons. The second-order valence-electron chi connectivity index (χ2n) is 3.66.